The van der Waals surface area contributed by atoms with Gasteiger partial charge in [-0.25, -0.2) is 4.79 Å². The van der Waals surface area contributed by atoms with E-state index in [0.29, 0.717) is 11.3 Å². The monoisotopic (exact) mass is 209 g/mol. The van der Waals surface area contributed by atoms with Crippen LogP contribution in [-0.2, 0) is 4.74 Å². The van der Waals surface area contributed by atoms with E-state index >= 15 is 0 Å². The fourth-order valence-corrected chi connectivity index (χ4v) is 1.73. The van der Waals surface area contributed by atoms with E-state index in [1.54, 1.807) is 36.0 Å². The van der Waals surface area contributed by atoms with Gasteiger partial charge in [0.25, 0.3) is 0 Å². The maximum absolute atomic E-state index is 11.5. The first-order valence-electron chi connectivity index (χ1n) is 4.40. The summed E-state index contributed by atoms with van der Waals surface area (Å²) in [4.78, 5) is 11.5. The van der Waals surface area contributed by atoms with Crippen molar-refractivity contribution in [2.24, 2.45) is 0 Å². The van der Waals surface area contributed by atoms with Gasteiger partial charge in [0.1, 0.15) is 6.10 Å². The van der Waals surface area contributed by atoms with Gasteiger partial charge < -0.3 is 10.5 Å². The minimum Gasteiger partial charge on any atom is -0.457 e. The molecule has 0 saturated carbocycles. The summed E-state index contributed by atoms with van der Waals surface area (Å²) in [5.74, 6) is 1.55. The van der Waals surface area contributed by atoms with E-state index in [1.807, 2.05) is 0 Å². The lowest BCUT2D eigenvalue weighted by Gasteiger charge is -2.24. The van der Waals surface area contributed by atoms with Gasteiger partial charge in [-0.3, -0.25) is 0 Å². The van der Waals surface area contributed by atoms with Gasteiger partial charge in [-0.15, -0.1) is 0 Å². The Morgan fingerprint density at radius 1 is 1.50 bits per heavy atom. The normalized spacial score (nSPS) is 16.0. The van der Waals surface area contributed by atoms with Gasteiger partial charge in [0.05, 0.1) is 5.56 Å². The molecule has 1 aromatic carbocycles. The molecule has 14 heavy (non-hydrogen) atoms. The van der Waals surface area contributed by atoms with Crippen molar-refractivity contribution in [2.45, 2.75) is 6.10 Å². The Kier molecular flexibility index (Phi) is 2.63. The number of rotatable bonds is 2. The van der Waals surface area contributed by atoms with Crippen LogP contribution in [0.15, 0.2) is 24.3 Å². The van der Waals surface area contributed by atoms with E-state index in [-0.39, 0.29) is 12.1 Å². The zero-order chi connectivity index (χ0) is 9.97. The van der Waals surface area contributed by atoms with Crippen molar-refractivity contribution in [3.05, 3.63) is 29.8 Å². The quantitative estimate of drug-likeness (QED) is 0.593. The molecule has 74 valence electrons. The van der Waals surface area contributed by atoms with E-state index in [0.717, 1.165) is 11.5 Å². The number of nitrogens with two attached hydrogens (primary N) is 1. The van der Waals surface area contributed by atoms with E-state index in [2.05, 4.69) is 0 Å². The smallest absolute Gasteiger partial charge is 0.338 e. The lowest BCUT2D eigenvalue weighted by atomic mass is 10.2. The fourth-order valence-electron chi connectivity index (χ4n) is 1.17. The lowest BCUT2D eigenvalue weighted by Crippen LogP contribution is -2.30. The Morgan fingerprint density at radius 2 is 2.29 bits per heavy atom. The number of thioether (sulfide) groups is 1. The van der Waals surface area contributed by atoms with E-state index in [4.69, 9.17) is 10.5 Å². The van der Waals surface area contributed by atoms with Crippen molar-refractivity contribution in [1.29, 1.82) is 0 Å². The highest BCUT2D eigenvalue weighted by Crippen LogP contribution is 2.22. The summed E-state index contributed by atoms with van der Waals surface area (Å²) in [7, 11) is 0. The van der Waals surface area contributed by atoms with Gasteiger partial charge in [0.2, 0.25) is 0 Å². The van der Waals surface area contributed by atoms with Crippen LogP contribution in [0.1, 0.15) is 10.4 Å². The molecule has 1 aliphatic heterocycles. The predicted molar refractivity (Wildman–Crippen MR) is 57.4 cm³/mol. The van der Waals surface area contributed by atoms with Crippen molar-refractivity contribution < 1.29 is 9.53 Å². The SMILES string of the molecule is Nc1cccc(C(=O)OC2CSC2)c1. The second kappa shape index (κ2) is 3.92. The van der Waals surface area contributed by atoms with E-state index in [9.17, 15) is 4.79 Å². The average molecular weight is 209 g/mol. The standard InChI is InChI=1S/C10H11NO2S/c11-8-3-1-2-7(4-8)10(12)13-9-5-14-6-9/h1-4,9H,5-6,11H2. The Bertz CT molecular complexity index is 350. The molecule has 0 spiro atoms. The molecule has 3 nitrogen and oxygen atoms in total. The largest absolute Gasteiger partial charge is 0.457 e. The van der Waals surface area contributed by atoms with Crippen molar-refractivity contribution in [3.63, 3.8) is 0 Å². The summed E-state index contributed by atoms with van der Waals surface area (Å²) >= 11 is 1.78. The zero-order valence-electron chi connectivity index (χ0n) is 7.60. The number of ether oxygens (including phenoxy) is 1. The van der Waals surface area contributed by atoms with E-state index < -0.39 is 0 Å². The maximum Gasteiger partial charge on any atom is 0.338 e. The summed E-state index contributed by atoms with van der Waals surface area (Å²) < 4.78 is 5.21. The van der Waals surface area contributed by atoms with Gasteiger partial charge >= 0.3 is 5.97 Å². The van der Waals surface area contributed by atoms with Crippen molar-refractivity contribution in [3.8, 4) is 0 Å². The molecule has 4 heteroatoms. The second-order valence-corrected chi connectivity index (χ2v) is 4.27. The highest BCUT2D eigenvalue weighted by molar-refractivity contribution is 8.00. The molecule has 0 bridgehead atoms. The highest BCUT2D eigenvalue weighted by atomic mass is 32.2. The average Bonchev–Trinajstić information content (AvgIpc) is 2.11. The highest BCUT2D eigenvalue weighted by Gasteiger charge is 2.22. The number of carbonyl (C=O) groups is 1. The van der Waals surface area contributed by atoms with Crippen LogP contribution >= 0.6 is 11.8 Å². The van der Waals surface area contributed by atoms with Crippen molar-refractivity contribution >= 4 is 23.4 Å². The van der Waals surface area contributed by atoms with Gasteiger partial charge in [-0.1, -0.05) is 6.07 Å². The predicted octanol–water partition coefficient (Wildman–Crippen LogP) is 1.54. The molecule has 1 fully saturated rings. The summed E-state index contributed by atoms with van der Waals surface area (Å²) in [6, 6.07) is 6.84. The third-order valence-corrected chi connectivity index (χ3v) is 3.22. The first-order chi connectivity index (χ1) is 6.75. The first kappa shape index (κ1) is 9.40. The van der Waals surface area contributed by atoms with Gasteiger partial charge in [0, 0.05) is 17.2 Å². The minimum atomic E-state index is -0.275. The Balaban J connectivity index is 2.02. The number of esters is 1. The molecule has 0 unspecified atom stereocenters. The van der Waals surface area contributed by atoms with E-state index in [1.165, 1.54) is 0 Å². The maximum atomic E-state index is 11.5. The summed E-state index contributed by atoms with van der Waals surface area (Å²) in [5, 5.41) is 0. The molecule has 0 aliphatic carbocycles. The number of benzene rings is 1. The molecule has 0 aromatic heterocycles. The van der Waals surface area contributed by atoms with Gasteiger partial charge in [0.15, 0.2) is 0 Å². The molecular weight excluding hydrogens is 198 g/mol. The Morgan fingerprint density at radius 3 is 2.86 bits per heavy atom. The summed E-state index contributed by atoms with van der Waals surface area (Å²) in [6.07, 6.45) is 0.0916. The summed E-state index contributed by atoms with van der Waals surface area (Å²) in [5.41, 5.74) is 6.68. The third-order valence-electron chi connectivity index (χ3n) is 2.00. The Labute approximate surface area is 86.6 Å². The summed E-state index contributed by atoms with van der Waals surface area (Å²) in [6.45, 7) is 0. The number of hydrogen-bond donors (Lipinski definition) is 1. The van der Waals surface area contributed by atoms with Crippen LogP contribution in [0.25, 0.3) is 0 Å². The first-order valence-corrected chi connectivity index (χ1v) is 5.55. The Hall–Kier alpha value is -1.16. The molecule has 1 saturated heterocycles. The third kappa shape index (κ3) is 2.01. The molecule has 0 atom stereocenters. The molecule has 1 aliphatic rings. The van der Waals surface area contributed by atoms with Crippen LogP contribution in [-0.4, -0.2) is 23.6 Å². The van der Waals surface area contributed by atoms with Crippen LogP contribution in [0.2, 0.25) is 0 Å². The number of anilines is 1. The molecule has 0 radical (unpaired) electrons. The topological polar surface area (TPSA) is 52.3 Å². The molecule has 1 heterocycles. The molecule has 2 N–H and O–H groups in total. The van der Waals surface area contributed by atoms with Crippen LogP contribution < -0.4 is 5.73 Å². The number of nitrogen functional groups attached to an aromatic ring is 1. The molecular formula is C10H11NO2S. The number of hydrogen-bond acceptors (Lipinski definition) is 4. The molecule has 1 aromatic rings. The minimum absolute atomic E-state index is 0.0916. The lowest BCUT2D eigenvalue weighted by molar-refractivity contribution is 0.0375. The molecule has 0 amide bonds. The van der Waals surface area contributed by atoms with Crippen molar-refractivity contribution in [2.75, 3.05) is 17.2 Å². The van der Waals surface area contributed by atoms with Crippen LogP contribution in [0.3, 0.4) is 0 Å². The fraction of sp³-hybridized carbons (Fsp3) is 0.300. The van der Waals surface area contributed by atoms with Crippen LogP contribution in [0.5, 0.6) is 0 Å². The van der Waals surface area contributed by atoms with Crippen LogP contribution in [0, 0.1) is 0 Å². The van der Waals surface area contributed by atoms with Crippen molar-refractivity contribution in [1.82, 2.24) is 0 Å². The molecule has 2 rings (SSSR count). The van der Waals surface area contributed by atoms with Gasteiger partial charge in [-0.05, 0) is 18.2 Å². The van der Waals surface area contributed by atoms with Gasteiger partial charge in [-0.2, -0.15) is 11.8 Å². The zero-order valence-corrected chi connectivity index (χ0v) is 8.42. The van der Waals surface area contributed by atoms with Crippen LogP contribution in [0.4, 0.5) is 5.69 Å². The second-order valence-electron chi connectivity index (χ2n) is 3.19. The number of carbonyl (C=O) groups excluding carboxylic acids is 1.